The van der Waals surface area contributed by atoms with Crippen molar-refractivity contribution < 1.29 is 19.4 Å². The number of carboxylic acids is 1. The van der Waals surface area contributed by atoms with Crippen molar-refractivity contribution in [3.63, 3.8) is 0 Å². The van der Waals surface area contributed by atoms with E-state index in [4.69, 9.17) is 9.84 Å². The molecule has 19 heavy (non-hydrogen) atoms. The molecule has 2 atom stereocenters. The summed E-state index contributed by atoms with van der Waals surface area (Å²) in [6.45, 7) is 4.46. The SMILES string of the molecule is CC(CC(=O)NCCOCC(=O)O)C1CCCNC1. The molecule has 0 aliphatic carbocycles. The van der Waals surface area contributed by atoms with Crippen molar-refractivity contribution in [3.8, 4) is 0 Å². The van der Waals surface area contributed by atoms with Gasteiger partial charge >= 0.3 is 5.97 Å². The van der Waals surface area contributed by atoms with Gasteiger partial charge in [0.1, 0.15) is 6.61 Å². The Morgan fingerprint density at radius 2 is 2.32 bits per heavy atom. The Hall–Kier alpha value is -1.14. The summed E-state index contributed by atoms with van der Waals surface area (Å²) < 4.78 is 4.84. The molecule has 1 fully saturated rings. The molecule has 0 aromatic rings. The molecule has 1 amide bonds. The summed E-state index contributed by atoms with van der Waals surface area (Å²) >= 11 is 0. The summed E-state index contributed by atoms with van der Waals surface area (Å²) in [7, 11) is 0. The van der Waals surface area contributed by atoms with E-state index in [0.717, 1.165) is 13.1 Å². The summed E-state index contributed by atoms with van der Waals surface area (Å²) in [5, 5.41) is 14.5. The average Bonchev–Trinajstić information content (AvgIpc) is 2.39. The molecule has 1 rings (SSSR count). The second-order valence-corrected chi connectivity index (χ2v) is 5.08. The van der Waals surface area contributed by atoms with Gasteiger partial charge in [0.2, 0.25) is 5.91 Å². The van der Waals surface area contributed by atoms with Gasteiger partial charge in [0, 0.05) is 13.0 Å². The van der Waals surface area contributed by atoms with Gasteiger partial charge in [0.15, 0.2) is 0 Å². The zero-order chi connectivity index (χ0) is 14.1. The fraction of sp³-hybridized carbons (Fsp3) is 0.846. The molecule has 0 radical (unpaired) electrons. The first-order chi connectivity index (χ1) is 9.09. The Kier molecular flexibility index (Phi) is 7.43. The van der Waals surface area contributed by atoms with Crippen molar-refractivity contribution in [2.24, 2.45) is 11.8 Å². The zero-order valence-electron chi connectivity index (χ0n) is 11.5. The van der Waals surface area contributed by atoms with Gasteiger partial charge in [-0.1, -0.05) is 6.92 Å². The number of aliphatic carboxylic acids is 1. The third kappa shape index (κ3) is 7.12. The van der Waals surface area contributed by atoms with Crippen LogP contribution in [0, 0.1) is 11.8 Å². The number of carbonyl (C=O) groups is 2. The van der Waals surface area contributed by atoms with Crippen LogP contribution in [0.4, 0.5) is 0 Å². The molecule has 6 heteroatoms. The van der Waals surface area contributed by atoms with Crippen molar-refractivity contribution >= 4 is 11.9 Å². The number of nitrogens with one attached hydrogen (secondary N) is 2. The standard InChI is InChI=1S/C13H24N2O4/c1-10(11-3-2-4-14-8-11)7-12(16)15-5-6-19-9-13(17)18/h10-11,14H,2-9H2,1H3,(H,15,16)(H,17,18). The number of piperidine rings is 1. The third-order valence-electron chi connectivity index (χ3n) is 3.44. The van der Waals surface area contributed by atoms with E-state index >= 15 is 0 Å². The predicted octanol–water partition coefficient (Wildman–Crippen LogP) is 0.230. The number of carbonyl (C=O) groups excluding carboxylic acids is 1. The Morgan fingerprint density at radius 1 is 1.53 bits per heavy atom. The first-order valence-electron chi connectivity index (χ1n) is 6.86. The molecular weight excluding hydrogens is 248 g/mol. The fourth-order valence-electron chi connectivity index (χ4n) is 2.32. The van der Waals surface area contributed by atoms with Crippen molar-refractivity contribution in [2.75, 3.05) is 32.8 Å². The van der Waals surface area contributed by atoms with Gasteiger partial charge in [0.25, 0.3) is 0 Å². The molecule has 0 saturated carbocycles. The van der Waals surface area contributed by atoms with Crippen LogP contribution >= 0.6 is 0 Å². The number of hydrogen-bond donors (Lipinski definition) is 3. The number of rotatable bonds is 8. The van der Waals surface area contributed by atoms with Gasteiger partial charge in [-0.3, -0.25) is 4.79 Å². The van der Waals surface area contributed by atoms with Crippen LogP contribution in [0.25, 0.3) is 0 Å². The van der Waals surface area contributed by atoms with Gasteiger partial charge in [0.05, 0.1) is 6.61 Å². The molecule has 6 nitrogen and oxygen atoms in total. The van der Waals surface area contributed by atoms with Crippen LogP contribution in [-0.2, 0) is 14.3 Å². The molecule has 0 aromatic heterocycles. The molecule has 0 aromatic carbocycles. The van der Waals surface area contributed by atoms with Crippen LogP contribution in [0.2, 0.25) is 0 Å². The minimum atomic E-state index is -0.996. The molecule has 110 valence electrons. The molecule has 1 aliphatic heterocycles. The topological polar surface area (TPSA) is 87.7 Å². The molecule has 0 spiro atoms. The highest BCUT2D eigenvalue weighted by Crippen LogP contribution is 2.22. The maximum atomic E-state index is 11.7. The normalized spacial score (nSPS) is 20.8. The van der Waals surface area contributed by atoms with Crippen molar-refractivity contribution in [1.82, 2.24) is 10.6 Å². The third-order valence-corrected chi connectivity index (χ3v) is 3.44. The van der Waals surface area contributed by atoms with Crippen LogP contribution in [0.15, 0.2) is 0 Å². The molecule has 0 bridgehead atoms. The summed E-state index contributed by atoms with van der Waals surface area (Å²) in [6.07, 6.45) is 2.88. The summed E-state index contributed by atoms with van der Waals surface area (Å²) in [6, 6.07) is 0. The molecule has 2 unspecified atom stereocenters. The lowest BCUT2D eigenvalue weighted by molar-refractivity contribution is -0.142. The highest BCUT2D eigenvalue weighted by molar-refractivity contribution is 5.76. The van der Waals surface area contributed by atoms with Gasteiger partial charge in [-0.25, -0.2) is 4.79 Å². The highest BCUT2D eigenvalue weighted by atomic mass is 16.5. The number of amides is 1. The average molecular weight is 272 g/mol. The van der Waals surface area contributed by atoms with Crippen molar-refractivity contribution in [3.05, 3.63) is 0 Å². The van der Waals surface area contributed by atoms with E-state index < -0.39 is 5.97 Å². The van der Waals surface area contributed by atoms with E-state index in [1.54, 1.807) is 0 Å². The number of carboxylic acid groups (broad SMARTS) is 1. The molecular formula is C13H24N2O4. The lowest BCUT2D eigenvalue weighted by Crippen LogP contribution is -2.36. The largest absolute Gasteiger partial charge is 0.480 e. The first kappa shape index (κ1) is 15.9. The molecule has 1 saturated heterocycles. The second kappa shape index (κ2) is 8.87. The number of hydrogen-bond acceptors (Lipinski definition) is 4. The Balaban J connectivity index is 2.07. The second-order valence-electron chi connectivity index (χ2n) is 5.08. The van der Waals surface area contributed by atoms with Crippen molar-refractivity contribution in [1.29, 1.82) is 0 Å². The quantitative estimate of drug-likeness (QED) is 0.551. The van der Waals surface area contributed by atoms with E-state index in [1.165, 1.54) is 12.8 Å². The monoisotopic (exact) mass is 272 g/mol. The maximum absolute atomic E-state index is 11.7. The molecule has 1 aliphatic rings. The summed E-state index contributed by atoms with van der Waals surface area (Å²) in [5.41, 5.74) is 0. The van der Waals surface area contributed by atoms with E-state index in [2.05, 4.69) is 17.6 Å². The van der Waals surface area contributed by atoms with Crippen LogP contribution in [0.5, 0.6) is 0 Å². The van der Waals surface area contributed by atoms with Crippen LogP contribution in [0.1, 0.15) is 26.2 Å². The smallest absolute Gasteiger partial charge is 0.329 e. The van der Waals surface area contributed by atoms with Gasteiger partial charge in [-0.05, 0) is 37.8 Å². The molecule has 1 heterocycles. The van der Waals surface area contributed by atoms with E-state index in [9.17, 15) is 9.59 Å². The van der Waals surface area contributed by atoms with Gasteiger partial charge < -0.3 is 20.5 Å². The lowest BCUT2D eigenvalue weighted by Gasteiger charge is -2.28. The Labute approximate surface area is 113 Å². The predicted molar refractivity (Wildman–Crippen MR) is 70.8 cm³/mol. The van der Waals surface area contributed by atoms with E-state index in [1.807, 2.05) is 0 Å². The van der Waals surface area contributed by atoms with Crippen molar-refractivity contribution in [2.45, 2.75) is 26.2 Å². The minimum Gasteiger partial charge on any atom is -0.480 e. The van der Waals surface area contributed by atoms with Crippen LogP contribution in [0.3, 0.4) is 0 Å². The number of ether oxygens (including phenoxy) is 1. The van der Waals surface area contributed by atoms with E-state index in [0.29, 0.717) is 24.8 Å². The zero-order valence-corrected chi connectivity index (χ0v) is 11.5. The van der Waals surface area contributed by atoms with E-state index in [-0.39, 0.29) is 19.1 Å². The fourth-order valence-corrected chi connectivity index (χ4v) is 2.32. The Bertz CT molecular complexity index is 290. The van der Waals surface area contributed by atoms with Crippen LogP contribution in [-0.4, -0.2) is 49.8 Å². The summed E-state index contributed by atoms with van der Waals surface area (Å²) in [5.74, 6) is -0.0442. The van der Waals surface area contributed by atoms with Gasteiger partial charge in [-0.2, -0.15) is 0 Å². The van der Waals surface area contributed by atoms with Gasteiger partial charge in [-0.15, -0.1) is 0 Å². The minimum absolute atomic E-state index is 0.0111. The highest BCUT2D eigenvalue weighted by Gasteiger charge is 2.21. The molecule has 3 N–H and O–H groups in total. The maximum Gasteiger partial charge on any atom is 0.329 e. The Morgan fingerprint density at radius 3 is 2.95 bits per heavy atom. The summed E-state index contributed by atoms with van der Waals surface area (Å²) in [4.78, 5) is 21.9. The van der Waals surface area contributed by atoms with Crippen LogP contribution < -0.4 is 10.6 Å². The lowest BCUT2D eigenvalue weighted by atomic mass is 9.85. The first-order valence-corrected chi connectivity index (χ1v) is 6.86.